The standard InChI is InChI=1S/C12H22N2O/c1-9-6-12(2,3)14(8-9)11(15)10-4-5-13-7-10/h9-10,13H,4-8H2,1-3H3/t9?,10-/m0/s1. The molecule has 0 spiro atoms. The van der Waals surface area contributed by atoms with Crippen LogP contribution in [0.3, 0.4) is 0 Å². The van der Waals surface area contributed by atoms with Crippen LogP contribution >= 0.6 is 0 Å². The molecule has 1 amide bonds. The third kappa shape index (κ3) is 2.03. The van der Waals surface area contributed by atoms with E-state index in [1.165, 1.54) is 0 Å². The largest absolute Gasteiger partial charge is 0.337 e. The van der Waals surface area contributed by atoms with Crippen molar-refractivity contribution >= 4 is 5.91 Å². The highest BCUT2D eigenvalue weighted by Crippen LogP contribution is 2.34. The van der Waals surface area contributed by atoms with E-state index >= 15 is 0 Å². The molecule has 15 heavy (non-hydrogen) atoms. The van der Waals surface area contributed by atoms with Gasteiger partial charge in [0, 0.05) is 18.6 Å². The van der Waals surface area contributed by atoms with Crippen LogP contribution in [0.4, 0.5) is 0 Å². The summed E-state index contributed by atoms with van der Waals surface area (Å²) < 4.78 is 0. The second-order valence-corrected chi connectivity index (χ2v) is 5.76. The number of nitrogens with zero attached hydrogens (tertiary/aromatic N) is 1. The number of hydrogen-bond donors (Lipinski definition) is 1. The fourth-order valence-corrected chi connectivity index (χ4v) is 3.06. The van der Waals surface area contributed by atoms with Crippen LogP contribution in [0.5, 0.6) is 0 Å². The summed E-state index contributed by atoms with van der Waals surface area (Å²) in [7, 11) is 0. The molecule has 2 atom stereocenters. The molecule has 0 aromatic carbocycles. The van der Waals surface area contributed by atoms with E-state index in [1.807, 2.05) is 0 Å². The van der Waals surface area contributed by atoms with Crippen LogP contribution < -0.4 is 5.32 Å². The average molecular weight is 210 g/mol. The zero-order valence-electron chi connectivity index (χ0n) is 10.0. The van der Waals surface area contributed by atoms with E-state index in [0.717, 1.165) is 32.5 Å². The van der Waals surface area contributed by atoms with Gasteiger partial charge in [0.2, 0.25) is 5.91 Å². The van der Waals surface area contributed by atoms with Gasteiger partial charge in [0.15, 0.2) is 0 Å². The van der Waals surface area contributed by atoms with Crippen LogP contribution in [0.1, 0.15) is 33.6 Å². The van der Waals surface area contributed by atoms with Gasteiger partial charge in [-0.3, -0.25) is 4.79 Å². The fraction of sp³-hybridized carbons (Fsp3) is 0.917. The smallest absolute Gasteiger partial charge is 0.227 e. The molecule has 2 aliphatic rings. The Labute approximate surface area is 92.2 Å². The van der Waals surface area contributed by atoms with Gasteiger partial charge in [-0.1, -0.05) is 6.92 Å². The molecule has 2 aliphatic heterocycles. The van der Waals surface area contributed by atoms with Crippen molar-refractivity contribution in [3.8, 4) is 0 Å². The number of amides is 1. The first-order chi connectivity index (χ1) is 7.00. The summed E-state index contributed by atoms with van der Waals surface area (Å²) in [5, 5.41) is 3.27. The molecule has 3 nitrogen and oxygen atoms in total. The maximum atomic E-state index is 12.3. The molecular weight excluding hydrogens is 188 g/mol. The van der Waals surface area contributed by atoms with Crippen molar-refractivity contribution in [2.75, 3.05) is 19.6 Å². The van der Waals surface area contributed by atoms with Crippen molar-refractivity contribution in [3.05, 3.63) is 0 Å². The van der Waals surface area contributed by atoms with Crippen LogP contribution in [0.25, 0.3) is 0 Å². The third-order valence-corrected chi connectivity index (χ3v) is 3.75. The predicted octanol–water partition coefficient (Wildman–Crippen LogP) is 1.24. The van der Waals surface area contributed by atoms with Gasteiger partial charge in [-0.05, 0) is 39.2 Å². The van der Waals surface area contributed by atoms with Crippen LogP contribution in [-0.4, -0.2) is 36.0 Å². The minimum atomic E-state index is 0.0685. The highest BCUT2D eigenvalue weighted by atomic mass is 16.2. The summed E-state index contributed by atoms with van der Waals surface area (Å²) >= 11 is 0. The molecular formula is C12H22N2O. The molecule has 3 heteroatoms. The predicted molar refractivity (Wildman–Crippen MR) is 60.5 cm³/mol. The van der Waals surface area contributed by atoms with E-state index in [1.54, 1.807) is 0 Å². The zero-order chi connectivity index (χ0) is 11.1. The molecule has 0 aromatic heterocycles. The lowest BCUT2D eigenvalue weighted by Gasteiger charge is -2.33. The lowest BCUT2D eigenvalue weighted by molar-refractivity contribution is -0.138. The molecule has 0 bridgehead atoms. The summed E-state index contributed by atoms with van der Waals surface area (Å²) in [6, 6.07) is 0. The van der Waals surface area contributed by atoms with E-state index in [9.17, 15) is 4.79 Å². The Kier molecular flexibility index (Phi) is 2.75. The van der Waals surface area contributed by atoms with Crippen molar-refractivity contribution in [2.24, 2.45) is 11.8 Å². The van der Waals surface area contributed by atoms with Crippen LogP contribution in [-0.2, 0) is 4.79 Å². The molecule has 0 saturated carbocycles. The van der Waals surface area contributed by atoms with Gasteiger partial charge in [0.05, 0.1) is 5.92 Å². The summed E-state index contributed by atoms with van der Waals surface area (Å²) in [5.74, 6) is 1.25. The number of nitrogens with one attached hydrogen (secondary N) is 1. The Morgan fingerprint density at radius 2 is 2.20 bits per heavy atom. The Balaban J connectivity index is 2.06. The molecule has 86 valence electrons. The van der Waals surface area contributed by atoms with Gasteiger partial charge in [0.1, 0.15) is 0 Å². The van der Waals surface area contributed by atoms with E-state index in [2.05, 4.69) is 31.0 Å². The average Bonchev–Trinajstić information content (AvgIpc) is 2.71. The monoisotopic (exact) mass is 210 g/mol. The number of carbonyl (C=O) groups is 1. The number of carbonyl (C=O) groups excluding carboxylic acids is 1. The minimum absolute atomic E-state index is 0.0685. The Bertz CT molecular complexity index is 256. The highest BCUT2D eigenvalue weighted by Gasteiger charge is 2.41. The van der Waals surface area contributed by atoms with Crippen molar-refractivity contribution in [1.29, 1.82) is 0 Å². The lowest BCUT2D eigenvalue weighted by Crippen LogP contribution is -2.46. The Morgan fingerprint density at radius 1 is 1.47 bits per heavy atom. The summed E-state index contributed by atoms with van der Waals surface area (Å²) in [5.41, 5.74) is 0.0685. The summed E-state index contributed by atoms with van der Waals surface area (Å²) in [4.78, 5) is 14.4. The first-order valence-electron chi connectivity index (χ1n) is 6.03. The summed E-state index contributed by atoms with van der Waals surface area (Å²) in [6.07, 6.45) is 2.15. The van der Waals surface area contributed by atoms with E-state index in [-0.39, 0.29) is 11.5 Å². The molecule has 2 saturated heterocycles. The maximum Gasteiger partial charge on any atom is 0.227 e. The molecule has 0 radical (unpaired) electrons. The van der Waals surface area contributed by atoms with Crippen molar-refractivity contribution in [2.45, 2.75) is 39.2 Å². The highest BCUT2D eigenvalue weighted by molar-refractivity contribution is 5.80. The van der Waals surface area contributed by atoms with Crippen LogP contribution in [0.15, 0.2) is 0 Å². The van der Waals surface area contributed by atoms with E-state index < -0.39 is 0 Å². The van der Waals surface area contributed by atoms with Crippen LogP contribution in [0, 0.1) is 11.8 Å². The van der Waals surface area contributed by atoms with Gasteiger partial charge in [0.25, 0.3) is 0 Å². The molecule has 2 fully saturated rings. The van der Waals surface area contributed by atoms with Crippen molar-refractivity contribution < 1.29 is 4.79 Å². The van der Waals surface area contributed by atoms with E-state index in [0.29, 0.717) is 11.8 Å². The van der Waals surface area contributed by atoms with Crippen molar-refractivity contribution in [3.63, 3.8) is 0 Å². The lowest BCUT2D eigenvalue weighted by atomic mass is 9.96. The molecule has 2 heterocycles. The molecule has 1 unspecified atom stereocenters. The van der Waals surface area contributed by atoms with Gasteiger partial charge in [-0.25, -0.2) is 0 Å². The summed E-state index contributed by atoms with van der Waals surface area (Å²) in [6.45, 7) is 9.44. The first kappa shape index (κ1) is 10.9. The van der Waals surface area contributed by atoms with E-state index in [4.69, 9.17) is 0 Å². The Morgan fingerprint density at radius 3 is 2.67 bits per heavy atom. The number of likely N-dealkylation sites (tertiary alicyclic amines) is 1. The first-order valence-corrected chi connectivity index (χ1v) is 6.03. The zero-order valence-corrected chi connectivity index (χ0v) is 10.0. The number of hydrogen-bond acceptors (Lipinski definition) is 2. The molecule has 0 aliphatic carbocycles. The fourth-order valence-electron chi connectivity index (χ4n) is 3.06. The van der Waals surface area contributed by atoms with Gasteiger partial charge in [-0.15, -0.1) is 0 Å². The second kappa shape index (κ2) is 3.78. The molecule has 0 aromatic rings. The SMILES string of the molecule is CC1CN(C(=O)[C@H]2CCNC2)C(C)(C)C1. The van der Waals surface area contributed by atoms with Gasteiger partial charge >= 0.3 is 0 Å². The van der Waals surface area contributed by atoms with Crippen molar-refractivity contribution in [1.82, 2.24) is 10.2 Å². The Hall–Kier alpha value is -0.570. The minimum Gasteiger partial charge on any atom is -0.337 e. The van der Waals surface area contributed by atoms with Crippen LogP contribution in [0.2, 0.25) is 0 Å². The van der Waals surface area contributed by atoms with Gasteiger partial charge in [-0.2, -0.15) is 0 Å². The topological polar surface area (TPSA) is 32.3 Å². The quantitative estimate of drug-likeness (QED) is 0.706. The second-order valence-electron chi connectivity index (χ2n) is 5.76. The molecule has 1 N–H and O–H groups in total. The molecule has 2 rings (SSSR count). The third-order valence-electron chi connectivity index (χ3n) is 3.75. The number of rotatable bonds is 1. The maximum absolute atomic E-state index is 12.3. The normalized spacial score (nSPS) is 34.7. The van der Waals surface area contributed by atoms with Gasteiger partial charge < -0.3 is 10.2 Å².